The van der Waals surface area contributed by atoms with Crippen molar-refractivity contribution < 1.29 is 28.3 Å². The van der Waals surface area contributed by atoms with E-state index in [-0.39, 0.29) is 16.1 Å². The summed E-state index contributed by atoms with van der Waals surface area (Å²) in [6.07, 6.45) is 0. The maximum atomic E-state index is 14.1. The van der Waals surface area contributed by atoms with Crippen LogP contribution in [0.2, 0.25) is 0 Å². The second-order valence-electron chi connectivity index (χ2n) is 6.34. The van der Waals surface area contributed by atoms with Crippen molar-refractivity contribution in [3.8, 4) is 17.2 Å². The molecule has 0 saturated heterocycles. The molecule has 8 nitrogen and oxygen atoms in total. The molecule has 0 aliphatic carbocycles. The Morgan fingerprint density at radius 3 is 2.19 bits per heavy atom. The normalized spacial score (nSPS) is 10.4. The van der Waals surface area contributed by atoms with E-state index in [1.807, 2.05) is 0 Å². The summed E-state index contributed by atoms with van der Waals surface area (Å²) in [7, 11) is 4.33. The van der Waals surface area contributed by atoms with Gasteiger partial charge in [-0.2, -0.15) is 0 Å². The van der Waals surface area contributed by atoms with Gasteiger partial charge < -0.3 is 19.5 Å². The van der Waals surface area contributed by atoms with Crippen molar-refractivity contribution in [1.82, 2.24) is 0 Å². The standard InChI is InChI=1S/C22H19FN2O6S/c1-29-17-10-13(11-18(30-2)21(17)31-3)24-22(26)15-12-14(25(27)28)8-9-19(15)32-20-7-5-4-6-16(20)23/h4-12H,1-3H3,(H,24,26). The topological polar surface area (TPSA) is 99.9 Å². The van der Waals surface area contributed by atoms with Gasteiger partial charge in [-0.15, -0.1) is 0 Å². The van der Waals surface area contributed by atoms with E-state index in [9.17, 15) is 19.3 Å². The highest BCUT2D eigenvalue weighted by Gasteiger charge is 2.20. The zero-order valence-electron chi connectivity index (χ0n) is 17.4. The summed E-state index contributed by atoms with van der Waals surface area (Å²) in [5, 5.41) is 13.9. The maximum absolute atomic E-state index is 14.1. The summed E-state index contributed by atoms with van der Waals surface area (Å²) in [5.74, 6) is -0.0999. The minimum absolute atomic E-state index is 0.0150. The molecule has 0 aliphatic rings. The average molecular weight is 458 g/mol. The van der Waals surface area contributed by atoms with Gasteiger partial charge in [-0.1, -0.05) is 23.9 Å². The fraction of sp³-hybridized carbons (Fsp3) is 0.136. The van der Waals surface area contributed by atoms with E-state index < -0.39 is 16.6 Å². The molecule has 3 aromatic carbocycles. The van der Waals surface area contributed by atoms with E-state index in [0.717, 1.165) is 17.8 Å². The Bertz CT molecular complexity index is 1150. The van der Waals surface area contributed by atoms with Gasteiger partial charge in [0, 0.05) is 39.7 Å². The van der Waals surface area contributed by atoms with Crippen molar-refractivity contribution in [2.75, 3.05) is 26.6 Å². The van der Waals surface area contributed by atoms with Crippen LogP contribution in [0.25, 0.3) is 0 Å². The molecule has 3 rings (SSSR count). The summed E-state index contributed by atoms with van der Waals surface area (Å²) < 4.78 is 30.0. The lowest BCUT2D eigenvalue weighted by Gasteiger charge is -2.15. The van der Waals surface area contributed by atoms with Gasteiger partial charge in [0.05, 0.1) is 31.8 Å². The number of nitro groups is 1. The monoisotopic (exact) mass is 458 g/mol. The van der Waals surface area contributed by atoms with E-state index in [2.05, 4.69) is 5.32 Å². The first-order valence-electron chi connectivity index (χ1n) is 9.20. The van der Waals surface area contributed by atoms with Crippen molar-refractivity contribution in [2.45, 2.75) is 9.79 Å². The number of amides is 1. The molecule has 0 spiro atoms. The first-order valence-corrected chi connectivity index (χ1v) is 10.0. The van der Waals surface area contributed by atoms with Crippen LogP contribution in [0.15, 0.2) is 64.4 Å². The van der Waals surface area contributed by atoms with E-state index in [4.69, 9.17) is 14.2 Å². The highest BCUT2D eigenvalue weighted by atomic mass is 32.2. The van der Waals surface area contributed by atoms with Crippen molar-refractivity contribution in [3.63, 3.8) is 0 Å². The summed E-state index contributed by atoms with van der Waals surface area (Å²) in [6, 6.07) is 12.9. The second-order valence-corrected chi connectivity index (χ2v) is 7.42. The Labute approximate surface area is 187 Å². The molecular weight excluding hydrogens is 439 g/mol. The number of nitro benzene ring substituents is 1. The van der Waals surface area contributed by atoms with Gasteiger partial charge in [-0.3, -0.25) is 14.9 Å². The number of ether oxygens (including phenoxy) is 3. The number of hydrogen-bond acceptors (Lipinski definition) is 7. The van der Waals surface area contributed by atoms with E-state index in [1.54, 1.807) is 18.2 Å². The van der Waals surface area contributed by atoms with Gasteiger partial charge in [-0.05, 0) is 18.2 Å². The van der Waals surface area contributed by atoms with Crippen LogP contribution in [0.5, 0.6) is 17.2 Å². The Balaban J connectivity index is 2.00. The van der Waals surface area contributed by atoms with Crippen LogP contribution < -0.4 is 19.5 Å². The summed E-state index contributed by atoms with van der Waals surface area (Å²) >= 11 is 0.994. The summed E-state index contributed by atoms with van der Waals surface area (Å²) in [6.45, 7) is 0. The number of methoxy groups -OCH3 is 3. The molecule has 0 radical (unpaired) electrons. The Kier molecular flexibility index (Phi) is 7.16. The van der Waals surface area contributed by atoms with E-state index in [0.29, 0.717) is 27.8 Å². The molecule has 1 amide bonds. The summed E-state index contributed by atoms with van der Waals surface area (Å²) in [5.41, 5.74) is 0.0666. The molecule has 0 fully saturated rings. The fourth-order valence-electron chi connectivity index (χ4n) is 2.90. The molecule has 3 aromatic rings. The summed E-state index contributed by atoms with van der Waals surface area (Å²) in [4.78, 5) is 24.4. The van der Waals surface area contributed by atoms with Crippen molar-refractivity contribution >= 4 is 29.0 Å². The molecule has 1 N–H and O–H groups in total. The smallest absolute Gasteiger partial charge is 0.270 e. The Morgan fingerprint density at radius 1 is 0.969 bits per heavy atom. The predicted molar refractivity (Wildman–Crippen MR) is 118 cm³/mol. The third-order valence-electron chi connectivity index (χ3n) is 4.40. The minimum atomic E-state index is -0.623. The van der Waals surface area contributed by atoms with Crippen LogP contribution in [0.4, 0.5) is 15.8 Å². The maximum Gasteiger partial charge on any atom is 0.270 e. The zero-order chi connectivity index (χ0) is 23.3. The second kappa shape index (κ2) is 10.0. The van der Waals surface area contributed by atoms with Crippen molar-refractivity contribution in [2.24, 2.45) is 0 Å². The number of anilines is 1. The molecule has 0 bridgehead atoms. The third-order valence-corrected chi connectivity index (χ3v) is 5.52. The number of halogens is 1. The van der Waals surface area contributed by atoms with Gasteiger partial charge in [0.15, 0.2) is 11.5 Å². The van der Waals surface area contributed by atoms with Crippen molar-refractivity contribution in [1.29, 1.82) is 0 Å². The first kappa shape index (κ1) is 22.9. The predicted octanol–water partition coefficient (Wildman–Crippen LogP) is 5.16. The quantitative estimate of drug-likeness (QED) is 0.367. The van der Waals surface area contributed by atoms with Crippen molar-refractivity contribution in [3.05, 3.63) is 76.1 Å². The SMILES string of the molecule is COc1cc(NC(=O)c2cc([N+](=O)[O-])ccc2Sc2ccccc2F)cc(OC)c1OC. The lowest BCUT2D eigenvalue weighted by atomic mass is 10.1. The van der Waals surface area contributed by atoms with Gasteiger partial charge >= 0.3 is 0 Å². The van der Waals surface area contributed by atoms with Gasteiger partial charge in [0.2, 0.25) is 5.75 Å². The number of rotatable bonds is 8. The Hall–Kier alpha value is -3.79. The molecule has 0 atom stereocenters. The van der Waals surface area contributed by atoms with Crippen LogP contribution >= 0.6 is 11.8 Å². The van der Waals surface area contributed by atoms with Crippen LogP contribution in [0, 0.1) is 15.9 Å². The van der Waals surface area contributed by atoms with Gasteiger partial charge in [-0.25, -0.2) is 4.39 Å². The third kappa shape index (κ3) is 4.92. The van der Waals surface area contributed by atoms with E-state index in [1.165, 1.54) is 51.7 Å². The van der Waals surface area contributed by atoms with Gasteiger partial charge in [0.1, 0.15) is 5.82 Å². The van der Waals surface area contributed by atoms with Crippen LogP contribution in [-0.2, 0) is 0 Å². The number of benzene rings is 3. The molecule has 0 unspecified atom stereocenters. The average Bonchev–Trinajstić information content (AvgIpc) is 2.79. The van der Waals surface area contributed by atoms with Crippen LogP contribution in [0.1, 0.15) is 10.4 Å². The molecule has 10 heteroatoms. The molecule has 166 valence electrons. The number of non-ortho nitro benzene ring substituents is 1. The first-order chi connectivity index (χ1) is 15.4. The number of nitrogens with zero attached hydrogens (tertiary/aromatic N) is 1. The number of carbonyl (C=O) groups excluding carboxylic acids is 1. The lowest BCUT2D eigenvalue weighted by Crippen LogP contribution is -2.14. The molecule has 0 heterocycles. The molecule has 32 heavy (non-hydrogen) atoms. The highest BCUT2D eigenvalue weighted by Crippen LogP contribution is 2.40. The fourth-order valence-corrected chi connectivity index (χ4v) is 3.84. The van der Waals surface area contributed by atoms with Gasteiger partial charge in [0.25, 0.3) is 11.6 Å². The largest absolute Gasteiger partial charge is 0.493 e. The highest BCUT2D eigenvalue weighted by molar-refractivity contribution is 7.99. The van der Waals surface area contributed by atoms with Crippen LogP contribution in [-0.4, -0.2) is 32.2 Å². The number of carbonyl (C=O) groups is 1. The molecule has 0 aliphatic heterocycles. The molecule has 0 saturated carbocycles. The number of hydrogen-bond donors (Lipinski definition) is 1. The van der Waals surface area contributed by atoms with Crippen LogP contribution in [0.3, 0.4) is 0 Å². The minimum Gasteiger partial charge on any atom is -0.493 e. The number of nitrogens with one attached hydrogen (secondary N) is 1. The zero-order valence-corrected chi connectivity index (χ0v) is 18.2. The van der Waals surface area contributed by atoms with E-state index >= 15 is 0 Å². The molecular formula is C22H19FN2O6S. The lowest BCUT2D eigenvalue weighted by molar-refractivity contribution is -0.384. The Morgan fingerprint density at radius 2 is 1.62 bits per heavy atom. The molecule has 0 aromatic heterocycles.